The average Bonchev–Trinajstić information content (AvgIpc) is 2.35. The number of nitrogens with zero attached hydrogens (tertiary/aromatic N) is 1. The molecule has 0 aliphatic carbocycles. The lowest BCUT2D eigenvalue weighted by atomic mass is 10.0. The van der Waals surface area contributed by atoms with Gasteiger partial charge in [0.15, 0.2) is 0 Å². The quantitative estimate of drug-likeness (QED) is 0.655. The SMILES string of the molecule is N#CCC(NC(CO)CO)c1ccccc1. The Labute approximate surface area is 95.2 Å². The van der Waals surface area contributed by atoms with Crippen molar-refractivity contribution in [3.8, 4) is 6.07 Å². The van der Waals surface area contributed by atoms with E-state index < -0.39 is 6.04 Å². The summed E-state index contributed by atoms with van der Waals surface area (Å²) in [5, 5.41) is 29.8. The van der Waals surface area contributed by atoms with Crippen LogP contribution < -0.4 is 5.32 Å². The smallest absolute Gasteiger partial charge is 0.0641 e. The third-order valence-electron chi connectivity index (χ3n) is 2.38. The van der Waals surface area contributed by atoms with Crippen LogP contribution in [-0.2, 0) is 0 Å². The molecule has 1 aromatic carbocycles. The van der Waals surface area contributed by atoms with E-state index >= 15 is 0 Å². The number of aliphatic hydroxyl groups excluding tert-OH is 2. The molecule has 1 atom stereocenters. The lowest BCUT2D eigenvalue weighted by Gasteiger charge is -2.21. The molecule has 1 unspecified atom stereocenters. The molecule has 0 fully saturated rings. The summed E-state index contributed by atoms with van der Waals surface area (Å²) in [5.74, 6) is 0. The predicted molar refractivity (Wildman–Crippen MR) is 60.5 cm³/mol. The third-order valence-corrected chi connectivity index (χ3v) is 2.38. The maximum atomic E-state index is 8.98. The second-order valence-corrected chi connectivity index (χ2v) is 3.55. The van der Waals surface area contributed by atoms with Crippen molar-refractivity contribution in [1.82, 2.24) is 5.32 Å². The number of hydrogen-bond acceptors (Lipinski definition) is 4. The molecule has 1 aromatic rings. The highest BCUT2D eigenvalue weighted by molar-refractivity contribution is 5.20. The van der Waals surface area contributed by atoms with Gasteiger partial charge in [0.25, 0.3) is 0 Å². The summed E-state index contributed by atoms with van der Waals surface area (Å²) in [6.07, 6.45) is 0.306. The molecule has 0 aromatic heterocycles. The van der Waals surface area contributed by atoms with Gasteiger partial charge in [0.05, 0.1) is 31.7 Å². The van der Waals surface area contributed by atoms with Gasteiger partial charge in [-0.3, -0.25) is 0 Å². The molecule has 3 N–H and O–H groups in total. The van der Waals surface area contributed by atoms with E-state index in [9.17, 15) is 0 Å². The Morgan fingerprint density at radius 1 is 1.19 bits per heavy atom. The normalized spacial score (nSPS) is 12.4. The largest absolute Gasteiger partial charge is 0.395 e. The van der Waals surface area contributed by atoms with E-state index in [2.05, 4.69) is 11.4 Å². The Morgan fingerprint density at radius 2 is 1.81 bits per heavy atom. The molecule has 86 valence electrons. The average molecular weight is 220 g/mol. The van der Waals surface area contributed by atoms with Gasteiger partial charge in [-0.05, 0) is 5.56 Å². The van der Waals surface area contributed by atoms with Gasteiger partial charge in [-0.1, -0.05) is 30.3 Å². The van der Waals surface area contributed by atoms with Crippen molar-refractivity contribution in [3.63, 3.8) is 0 Å². The number of hydrogen-bond donors (Lipinski definition) is 3. The number of benzene rings is 1. The highest BCUT2D eigenvalue weighted by Gasteiger charge is 2.15. The minimum Gasteiger partial charge on any atom is -0.395 e. The first kappa shape index (κ1) is 12.7. The van der Waals surface area contributed by atoms with Gasteiger partial charge >= 0.3 is 0 Å². The molecule has 0 radical (unpaired) electrons. The Kier molecular flexibility index (Phi) is 5.51. The maximum absolute atomic E-state index is 8.98. The molecule has 0 saturated heterocycles. The summed E-state index contributed by atoms with van der Waals surface area (Å²) >= 11 is 0. The number of nitriles is 1. The minimum atomic E-state index is -0.390. The molecule has 0 spiro atoms. The first-order valence-corrected chi connectivity index (χ1v) is 5.21. The molecule has 0 amide bonds. The van der Waals surface area contributed by atoms with Gasteiger partial charge in [0, 0.05) is 6.04 Å². The topological polar surface area (TPSA) is 76.3 Å². The van der Waals surface area contributed by atoms with E-state index in [1.807, 2.05) is 30.3 Å². The van der Waals surface area contributed by atoms with E-state index in [0.29, 0.717) is 6.42 Å². The molecular formula is C12H16N2O2. The summed E-state index contributed by atoms with van der Waals surface area (Å²) in [7, 11) is 0. The molecule has 1 rings (SSSR count). The summed E-state index contributed by atoms with van der Waals surface area (Å²) in [6, 6.07) is 11.1. The van der Waals surface area contributed by atoms with Crippen molar-refractivity contribution in [2.24, 2.45) is 0 Å². The molecule has 0 saturated carbocycles. The monoisotopic (exact) mass is 220 g/mol. The van der Waals surface area contributed by atoms with Gasteiger partial charge in [-0.25, -0.2) is 0 Å². The van der Waals surface area contributed by atoms with Crippen LogP contribution in [0.25, 0.3) is 0 Å². The zero-order valence-corrected chi connectivity index (χ0v) is 9.00. The van der Waals surface area contributed by atoms with Gasteiger partial charge < -0.3 is 15.5 Å². The second-order valence-electron chi connectivity index (χ2n) is 3.55. The van der Waals surface area contributed by atoms with Crippen LogP contribution in [0.15, 0.2) is 30.3 Å². The predicted octanol–water partition coefficient (Wildman–Crippen LogP) is 0.584. The van der Waals surface area contributed by atoms with Crippen LogP contribution in [0.2, 0.25) is 0 Å². The van der Waals surface area contributed by atoms with Gasteiger partial charge in [0.2, 0.25) is 0 Å². The van der Waals surface area contributed by atoms with Crippen LogP contribution in [-0.4, -0.2) is 29.5 Å². The van der Waals surface area contributed by atoms with E-state index in [1.165, 1.54) is 0 Å². The molecular weight excluding hydrogens is 204 g/mol. The van der Waals surface area contributed by atoms with Crippen molar-refractivity contribution >= 4 is 0 Å². The van der Waals surface area contributed by atoms with Crippen LogP contribution in [0.3, 0.4) is 0 Å². The van der Waals surface area contributed by atoms with Crippen molar-refractivity contribution in [2.75, 3.05) is 13.2 Å². The van der Waals surface area contributed by atoms with Crippen molar-refractivity contribution in [2.45, 2.75) is 18.5 Å². The summed E-state index contributed by atoms with van der Waals surface area (Å²) in [5.41, 5.74) is 0.982. The van der Waals surface area contributed by atoms with Gasteiger partial charge in [-0.2, -0.15) is 5.26 Å². The Balaban J connectivity index is 2.72. The number of rotatable bonds is 6. The maximum Gasteiger partial charge on any atom is 0.0641 e. The van der Waals surface area contributed by atoms with E-state index in [1.54, 1.807) is 0 Å². The van der Waals surface area contributed by atoms with Crippen molar-refractivity contribution in [3.05, 3.63) is 35.9 Å². The minimum absolute atomic E-state index is 0.148. The standard InChI is InChI=1S/C12H16N2O2/c13-7-6-12(14-11(8-15)9-16)10-4-2-1-3-5-10/h1-5,11-12,14-16H,6,8-9H2. The molecule has 0 bridgehead atoms. The van der Waals surface area contributed by atoms with Crippen LogP contribution in [0.5, 0.6) is 0 Å². The van der Waals surface area contributed by atoms with Crippen LogP contribution in [0, 0.1) is 11.3 Å². The van der Waals surface area contributed by atoms with E-state index in [-0.39, 0.29) is 19.3 Å². The summed E-state index contributed by atoms with van der Waals surface area (Å²) in [6.45, 7) is -0.295. The molecule has 4 heteroatoms. The third kappa shape index (κ3) is 3.63. The van der Waals surface area contributed by atoms with Gasteiger partial charge in [-0.15, -0.1) is 0 Å². The van der Waals surface area contributed by atoms with Crippen molar-refractivity contribution < 1.29 is 10.2 Å². The first-order valence-electron chi connectivity index (χ1n) is 5.21. The summed E-state index contributed by atoms with van der Waals surface area (Å²) < 4.78 is 0. The highest BCUT2D eigenvalue weighted by Crippen LogP contribution is 2.16. The molecule has 4 nitrogen and oxygen atoms in total. The summed E-state index contributed by atoms with van der Waals surface area (Å²) in [4.78, 5) is 0. The molecule has 0 aliphatic heterocycles. The lowest BCUT2D eigenvalue weighted by Crippen LogP contribution is -2.38. The number of nitrogens with one attached hydrogen (secondary N) is 1. The lowest BCUT2D eigenvalue weighted by molar-refractivity contribution is 0.162. The van der Waals surface area contributed by atoms with Crippen LogP contribution in [0.4, 0.5) is 0 Å². The van der Waals surface area contributed by atoms with Crippen LogP contribution in [0.1, 0.15) is 18.0 Å². The fourth-order valence-corrected chi connectivity index (χ4v) is 1.50. The first-order chi connectivity index (χ1) is 7.81. The zero-order chi connectivity index (χ0) is 11.8. The molecule has 16 heavy (non-hydrogen) atoms. The van der Waals surface area contributed by atoms with Crippen LogP contribution >= 0.6 is 0 Å². The zero-order valence-electron chi connectivity index (χ0n) is 9.00. The van der Waals surface area contributed by atoms with Crippen molar-refractivity contribution in [1.29, 1.82) is 5.26 Å². The van der Waals surface area contributed by atoms with E-state index in [0.717, 1.165) is 5.56 Å². The Hall–Kier alpha value is -1.41. The Bertz CT molecular complexity index is 331. The Morgan fingerprint density at radius 3 is 2.31 bits per heavy atom. The highest BCUT2D eigenvalue weighted by atomic mass is 16.3. The molecule has 0 aliphatic rings. The van der Waals surface area contributed by atoms with Gasteiger partial charge in [0.1, 0.15) is 0 Å². The second kappa shape index (κ2) is 6.96. The van der Waals surface area contributed by atoms with E-state index in [4.69, 9.17) is 15.5 Å². The fourth-order valence-electron chi connectivity index (χ4n) is 1.50. The molecule has 0 heterocycles. The fraction of sp³-hybridized carbons (Fsp3) is 0.417. The number of aliphatic hydroxyl groups is 2.